The molecule has 1 aromatic heterocycles. The van der Waals surface area contributed by atoms with E-state index in [0.717, 1.165) is 5.76 Å². The molecule has 1 atom stereocenters. The SMILES string of the molecule is CNCC(=O)NC(COC)c1ccc(C)o1. The third-order valence-corrected chi connectivity index (χ3v) is 2.11. The molecule has 90 valence electrons. The van der Waals surface area contributed by atoms with E-state index in [-0.39, 0.29) is 18.5 Å². The molecule has 2 N–H and O–H groups in total. The lowest BCUT2D eigenvalue weighted by Crippen LogP contribution is -2.36. The van der Waals surface area contributed by atoms with Gasteiger partial charge in [0.15, 0.2) is 0 Å². The third-order valence-electron chi connectivity index (χ3n) is 2.11. The Morgan fingerprint density at radius 3 is 2.81 bits per heavy atom. The summed E-state index contributed by atoms with van der Waals surface area (Å²) in [5, 5.41) is 5.62. The molecule has 1 heterocycles. The molecule has 1 aromatic rings. The maximum absolute atomic E-state index is 11.4. The highest BCUT2D eigenvalue weighted by molar-refractivity contribution is 5.78. The topological polar surface area (TPSA) is 63.5 Å². The highest BCUT2D eigenvalue weighted by Crippen LogP contribution is 2.16. The largest absolute Gasteiger partial charge is 0.464 e. The van der Waals surface area contributed by atoms with Gasteiger partial charge in [0.05, 0.1) is 13.2 Å². The first-order valence-electron chi connectivity index (χ1n) is 5.16. The maximum atomic E-state index is 11.4. The number of methoxy groups -OCH3 is 1. The molecule has 1 rings (SSSR count). The molecule has 0 saturated carbocycles. The van der Waals surface area contributed by atoms with Crippen molar-refractivity contribution in [2.75, 3.05) is 27.3 Å². The molecule has 1 amide bonds. The predicted octanol–water partition coefficient (Wildman–Crippen LogP) is 0.611. The zero-order chi connectivity index (χ0) is 12.0. The van der Waals surface area contributed by atoms with Gasteiger partial charge in [-0.3, -0.25) is 4.79 Å². The van der Waals surface area contributed by atoms with Gasteiger partial charge in [0.1, 0.15) is 17.6 Å². The van der Waals surface area contributed by atoms with E-state index in [0.29, 0.717) is 12.4 Å². The van der Waals surface area contributed by atoms with Crippen molar-refractivity contribution in [3.63, 3.8) is 0 Å². The monoisotopic (exact) mass is 226 g/mol. The van der Waals surface area contributed by atoms with Crippen LogP contribution in [-0.2, 0) is 9.53 Å². The van der Waals surface area contributed by atoms with Crippen LogP contribution in [0.2, 0.25) is 0 Å². The van der Waals surface area contributed by atoms with Crippen LogP contribution in [0, 0.1) is 6.92 Å². The third kappa shape index (κ3) is 3.67. The number of hydrogen-bond donors (Lipinski definition) is 2. The Hall–Kier alpha value is -1.33. The number of furan rings is 1. The summed E-state index contributed by atoms with van der Waals surface area (Å²) in [7, 11) is 3.31. The molecule has 0 aliphatic heterocycles. The number of rotatable bonds is 6. The number of hydrogen-bond acceptors (Lipinski definition) is 4. The van der Waals surface area contributed by atoms with Crippen molar-refractivity contribution in [2.24, 2.45) is 0 Å². The first kappa shape index (κ1) is 12.7. The van der Waals surface area contributed by atoms with Gasteiger partial charge in [-0.25, -0.2) is 0 Å². The fourth-order valence-corrected chi connectivity index (χ4v) is 1.41. The number of aryl methyl sites for hydroxylation is 1. The zero-order valence-electron chi connectivity index (χ0n) is 9.87. The molecule has 0 saturated heterocycles. The minimum absolute atomic E-state index is 0.0846. The van der Waals surface area contributed by atoms with Crippen LogP contribution in [0.4, 0.5) is 0 Å². The van der Waals surface area contributed by atoms with Crippen molar-refractivity contribution in [1.82, 2.24) is 10.6 Å². The Morgan fingerprint density at radius 1 is 1.56 bits per heavy atom. The summed E-state index contributed by atoms with van der Waals surface area (Å²) >= 11 is 0. The van der Waals surface area contributed by atoms with E-state index in [1.165, 1.54) is 0 Å². The van der Waals surface area contributed by atoms with Crippen LogP contribution >= 0.6 is 0 Å². The number of nitrogens with one attached hydrogen (secondary N) is 2. The summed E-state index contributed by atoms with van der Waals surface area (Å²) < 4.78 is 10.5. The summed E-state index contributed by atoms with van der Waals surface area (Å²) in [5.74, 6) is 1.45. The van der Waals surface area contributed by atoms with Gasteiger partial charge in [0.2, 0.25) is 5.91 Å². The molecule has 0 bridgehead atoms. The first-order valence-corrected chi connectivity index (χ1v) is 5.16. The Bertz CT molecular complexity index is 336. The molecule has 5 nitrogen and oxygen atoms in total. The van der Waals surface area contributed by atoms with Crippen molar-refractivity contribution in [3.05, 3.63) is 23.7 Å². The van der Waals surface area contributed by atoms with E-state index >= 15 is 0 Å². The van der Waals surface area contributed by atoms with Crippen LogP contribution in [0.1, 0.15) is 17.6 Å². The lowest BCUT2D eigenvalue weighted by molar-refractivity contribution is -0.121. The smallest absolute Gasteiger partial charge is 0.234 e. The van der Waals surface area contributed by atoms with Crippen molar-refractivity contribution >= 4 is 5.91 Å². The molecule has 0 radical (unpaired) electrons. The lowest BCUT2D eigenvalue weighted by Gasteiger charge is -2.15. The van der Waals surface area contributed by atoms with Gasteiger partial charge in [-0.15, -0.1) is 0 Å². The maximum Gasteiger partial charge on any atom is 0.234 e. The second-order valence-electron chi connectivity index (χ2n) is 3.55. The fourth-order valence-electron chi connectivity index (χ4n) is 1.41. The summed E-state index contributed by atoms with van der Waals surface area (Å²) in [4.78, 5) is 11.4. The van der Waals surface area contributed by atoms with Crippen LogP contribution in [0.3, 0.4) is 0 Å². The summed E-state index contributed by atoms with van der Waals surface area (Å²) in [6, 6.07) is 3.47. The van der Waals surface area contributed by atoms with Gasteiger partial charge in [-0.2, -0.15) is 0 Å². The highest BCUT2D eigenvalue weighted by Gasteiger charge is 2.17. The van der Waals surface area contributed by atoms with Crippen molar-refractivity contribution in [1.29, 1.82) is 0 Å². The van der Waals surface area contributed by atoms with Crippen LogP contribution in [0.15, 0.2) is 16.5 Å². The molecule has 16 heavy (non-hydrogen) atoms. The van der Waals surface area contributed by atoms with E-state index in [1.54, 1.807) is 14.2 Å². The lowest BCUT2D eigenvalue weighted by atomic mass is 10.2. The summed E-state index contributed by atoms with van der Waals surface area (Å²) in [6.07, 6.45) is 0. The molecule has 0 fully saturated rings. The van der Waals surface area contributed by atoms with Crippen LogP contribution < -0.4 is 10.6 Å². The standard InChI is InChI=1S/C11H18N2O3/c1-8-4-5-10(16-8)9(7-15-3)13-11(14)6-12-2/h4-5,9,12H,6-7H2,1-3H3,(H,13,14). The van der Waals surface area contributed by atoms with Gasteiger partial charge in [0, 0.05) is 7.11 Å². The molecule has 0 aromatic carbocycles. The van der Waals surface area contributed by atoms with Gasteiger partial charge in [-0.05, 0) is 26.1 Å². The Kier molecular flexibility index (Phi) is 5.01. The predicted molar refractivity (Wildman–Crippen MR) is 60.1 cm³/mol. The minimum atomic E-state index is -0.237. The highest BCUT2D eigenvalue weighted by atomic mass is 16.5. The Balaban J connectivity index is 2.64. The first-order chi connectivity index (χ1) is 7.67. The molecule has 0 spiro atoms. The summed E-state index contributed by atoms with van der Waals surface area (Å²) in [6.45, 7) is 2.53. The Labute approximate surface area is 95.2 Å². The average molecular weight is 226 g/mol. The number of amides is 1. The minimum Gasteiger partial charge on any atom is -0.464 e. The second-order valence-corrected chi connectivity index (χ2v) is 3.55. The number of carbonyl (C=O) groups is 1. The van der Waals surface area contributed by atoms with Gasteiger partial charge in [0.25, 0.3) is 0 Å². The number of carbonyl (C=O) groups excluding carboxylic acids is 1. The van der Waals surface area contributed by atoms with Crippen LogP contribution in [0.25, 0.3) is 0 Å². The molecule has 0 aliphatic rings. The molecular weight excluding hydrogens is 208 g/mol. The molecule has 1 unspecified atom stereocenters. The Morgan fingerprint density at radius 2 is 2.31 bits per heavy atom. The van der Waals surface area contributed by atoms with Crippen molar-refractivity contribution < 1.29 is 13.9 Å². The molecule has 5 heteroatoms. The quantitative estimate of drug-likeness (QED) is 0.746. The van der Waals surface area contributed by atoms with E-state index < -0.39 is 0 Å². The second kappa shape index (κ2) is 6.30. The normalized spacial score (nSPS) is 12.4. The van der Waals surface area contributed by atoms with Crippen LogP contribution in [0.5, 0.6) is 0 Å². The zero-order valence-corrected chi connectivity index (χ0v) is 9.87. The van der Waals surface area contributed by atoms with Crippen molar-refractivity contribution in [3.8, 4) is 0 Å². The van der Waals surface area contributed by atoms with E-state index in [1.807, 2.05) is 19.1 Å². The van der Waals surface area contributed by atoms with Gasteiger partial charge < -0.3 is 19.8 Å². The van der Waals surface area contributed by atoms with E-state index in [9.17, 15) is 4.79 Å². The number of likely N-dealkylation sites (N-methyl/N-ethyl adjacent to an activating group) is 1. The van der Waals surface area contributed by atoms with Crippen molar-refractivity contribution in [2.45, 2.75) is 13.0 Å². The average Bonchev–Trinajstić information content (AvgIpc) is 2.64. The summed E-state index contributed by atoms with van der Waals surface area (Å²) in [5.41, 5.74) is 0. The van der Waals surface area contributed by atoms with E-state index in [4.69, 9.17) is 9.15 Å². The molecule has 0 aliphatic carbocycles. The van der Waals surface area contributed by atoms with Gasteiger partial charge in [-0.1, -0.05) is 0 Å². The number of ether oxygens (including phenoxy) is 1. The van der Waals surface area contributed by atoms with Gasteiger partial charge >= 0.3 is 0 Å². The van der Waals surface area contributed by atoms with E-state index in [2.05, 4.69) is 10.6 Å². The molecular formula is C11H18N2O3. The van der Waals surface area contributed by atoms with Crippen LogP contribution in [-0.4, -0.2) is 33.2 Å². The fraction of sp³-hybridized carbons (Fsp3) is 0.545.